The lowest BCUT2D eigenvalue weighted by Gasteiger charge is -2.31. The molecule has 1 aliphatic heterocycles. The smallest absolute Gasteiger partial charge is 0.269 e. The molecule has 0 fully saturated rings. The number of nitro benzene ring substituents is 1. The summed E-state index contributed by atoms with van der Waals surface area (Å²) < 4.78 is 31.5. The van der Waals surface area contributed by atoms with Crippen molar-refractivity contribution in [1.29, 1.82) is 0 Å². The predicted molar refractivity (Wildman–Crippen MR) is 106 cm³/mol. The number of benzene rings is 2. The van der Waals surface area contributed by atoms with Crippen molar-refractivity contribution < 1.29 is 13.7 Å². The molecule has 3 aromatic rings. The number of aromatic nitrogens is 1. The van der Waals surface area contributed by atoms with Crippen LogP contribution in [0.2, 0.25) is 5.02 Å². The molecule has 5 nitrogen and oxygen atoms in total. The molecular formula is C21H18ClF2N3O2. The lowest BCUT2D eigenvalue weighted by atomic mass is 9.99. The molecule has 2 heterocycles. The molecule has 0 aliphatic carbocycles. The zero-order chi connectivity index (χ0) is 20.5. The van der Waals surface area contributed by atoms with Gasteiger partial charge in [-0.15, -0.1) is 0 Å². The highest BCUT2D eigenvalue weighted by atomic mass is 35.5. The van der Waals surface area contributed by atoms with E-state index >= 15 is 0 Å². The third-order valence-corrected chi connectivity index (χ3v) is 5.61. The zero-order valence-corrected chi connectivity index (χ0v) is 16.1. The van der Waals surface area contributed by atoms with E-state index in [4.69, 9.17) is 11.6 Å². The van der Waals surface area contributed by atoms with Gasteiger partial charge < -0.3 is 4.57 Å². The van der Waals surface area contributed by atoms with Gasteiger partial charge in [-0.1, -0.05) is 17.7 Å². The van der Waals surface area contributed by atoms with E-state index in [1.54, 1.807) is 0 Å². The maximum atomic E-state index is 14.7. The second-order valence-corrected chi connectivity index (χ2v) is 7.43. The Bertz CT molecular complexity index is 1050. The van der Waals surface area contributed by atoms with Gasteiger partial charge in [-0.3, -0.25) is 15.0 Å². The van der Waals surface area contributed by atoms with E-state index in [0.717, 1.165) is 12.1 Å². The third-order valence-electron chi connectivity index (χ3n) is 5.24. The van der Waals surface area contributed by atoms with Gasteiger partial charge >= 0.3 is 0 Å². The minimum absolute atomic E-state index is 0.0316. The largest absolute Gasteiger partial charge is 0.350 e. The maximum absolute atomic E-state index is 14.7. The van der Waals surface area contributed by atoms with Gasteiger partial charge in [0.05, 0.1) is 11.0 Å². The highest BCUT2D eigenvalue weighted by molar-refractivity contribution is 6.31. The van der Waals surface area contributed by atoms with Crippen LogP contribution in [0.5, 0.6) is 0 Å². The molecule has 0 amide bonds. The van der Waals surface area contributed by atoms with E-state index < -0.39 is 22.6 Å². The van der Waals surface area contributed by atoms with Gasteiger partial charge in [-0.25, -0.2) is 8.78 Å². The minimum Gasteiger partial charge on any atom is -0.350 e. The van der Waals surface area contributed by atoms with Crippen LogP contribution in [0.15, 0.2) is 54.7 Å². The fourth-order valence-electron chi connectivity index (χ4n) is 3.93. The van der Waals surface area contributed by atoms with Gasteiger partial charge in [0.15, 0.2) is 0 Å². The van der Waals surface area contributed by atoms with Crippen LogP contribution in [-0.4, -0.2) is 20.9 Å². The number of aryl methyl sites for hydroxylation is 1. The molecule has 0 bridgehead atoms. The van der Waals surface area contributed by atoms with Gasteiger partial charge in [-0.2, -0.15) is 0 Å². The lowest BCUT2D eigenvalue weighted by molar-refractivity contribution is -0.384. The Kier molecular flexibility index (Phi) is 5.34. The molecule has 2 aromatic carbocycles. The molecule has 0 saturated heterocycles. The van der Waals surface area contributed by atoms with Crippen LogP contribution in [0.1, 0.15) is 29.3 Å². The lowest BCUT2D eigenvalue weighted by Crippen LogP contribution is -2.31. The molecule has 1 aromatic heterocycles. The Morgan fingerprint density at radius 1 is 1.10 bits per heavy atom. The van der Waals surface area contributed by atoms with Gasteiger partial charge in [0, 0.05) is 54.2 Å². The number of hydrogen-bond acceptors (Lipinski definition) is 3. The minimum atomic E-state index is -0.677. The standard InChI is InChI=1S/C21H18ClF2N3O2/c22-16-8-7-15(27(28)29)12-14(16)13-26-11-3-10-25-9-2-6-19(25)21(26)20-17(23)4-1-5-18(20)24/h1-2,4-9,12,21H,3,10-11,13H2. The molecule has 0 spiro atoms. The summed E-state index contributed by atoms with van der Waals surface area (Å²) in [4.78, 5) is 12.6. The number of halogens is 3. The predicted octanol–water partition coefficient (Wildman–Crippen LogP) is 5.32. The molecule has 4 rings (SSSR count). The van der Waals surface area contributed by atoms with E-state index in [-0.39, 0.29) is 17.8 Å². The molecule has 0 radical (unpaired) electrons. The Morgan fingerprint density at radius 2 is 1.86 bits per heavy atom. The highest BCUT2D eigenvalue weighted by Gasteiger charge is 2.32. The molecule has 0 N–H and O–H groups in total. The number of hydrogen-bond donors (Lipinski definition) is 0. The monoisotopic (exact) mass is 417 g/mol. The van der Waals surface area contributed by atoms with Crippen LogP contribution in [0, 0.1) is 21.7 Å². The topological polar surface area (TPSA) is 51.3 Å². The number of non-ortho nitro benzene ring substituents is 1. The van der Waals surface area contributed by atoms with Crippen molar-refractivity contribution in [2.75, 3.05) is 6.54 Å². The fourth-order valence-corrected chi connectivity index (χ4v) is 4.10. The SMILES string of the molecule is O=[N+]([O-])c1ccc(Cl)c(CN2CCCn3cccc3C2c2c(F)cccc2F)c1. The first-order valence-electron chi connectivity index (χ1n) is 9.21. The fraction of sp³-hybridized carbons (Fsp3) is 0.238. The molecule has 1 unspecified atom stereocenters. The summed E-state index contributed by atoms with van der Waals surface area (Å²) in [6.07, 6.45) is 2.66. The first-order chi connectivity index (χ1) is 14.0. The van der Waals surface area contributed by atoms with Crippen LogP contribution in [0.3, 0.4) is 0 Å². The van der Waals surface area contributed by atoms with Crippen LogP contribution in [0.4, 0.5) is 14.5 Å². The summed E-state index contributed by atoms with van der Waals surface area (Å²) in [5.74, 6) is -1.25. The van der Waals surface area contributed by atoms with Gasteiger partial charge in [0.2, 0.25) is 0 Å². The second kappa shape index (κ2) is 7.93. The normalized spacial score (nSPS) is 17.0. The molecule has 150 valence electrons. The Hall–Kier alpha value is -2.77. The van der Waals surface area contributed by atoms with E-state index in [0.29, 0.717) is 23.7 Å². The summed E-state index contributed by atoms with van der Waals surface area (Å²) in [5.41, 5.74) is 1.21. The van der Waals surface area contributed by atoms with Gasteiger partial charge in [-0.05, 0) is 42.3 Å². The summed E-state index contributed by atoms with van der Waals surface area (Å²) >= 11 is 6.29. The Morgan fingerprint density at radius 3 is 2.59 bits per heavy atom. The third kappa shape index (κ3) is 3.75. The summed E-state index contributed by atoms with van der Waals surface area (Å²) in [6, 6.07) is 11.1. The van der Waals surface area contributed by atoms with Crippen LogP contribution >= 0.6 is 11.6 Å². The molecule has 1 aliphatic rings. The van der Waals surface area contributed by atoms with Crippen molar-refractivity contribution in [1.82, 2.24) is 9.47 Å². The highest BCUT2D eigenvalue weighted by Crippen LogP contribution is 2.36. The van der Waals surface area contributed by atoms with E-state index in [9.17, 15) is 18.9 Å². The second-order valence-electron chi connectivity index (χ2n) is 7.02. The molecule has 8 heteroatoms. The Labute approximate surface area is 171 Å². The molecule has 1 atom stereocenters. The first kappa shape index (κ1) is 19.5. The maximum Gasteiger partial charge on any atom is 0.269 e. The van der Waals surface area contributed by atoms with Crippen LogP contribution in [-0.2, 0) is 13.1 Å². The van der Waals surface area contributed by atoms with E-state index in [1.807, 2.05) is 27.8 Å². The summed E-state index contributed by atoms with van der Waals surface area (Å²) in [7, 11) is 0. The summed E-state index contributed by atoms with van der Waals surface area (Å²) in [6.45, 7) is 1.50. The molecular weight excluding hydrogens is 400 g/mol. The average molecular weight is 418 g/mol. The number of rotatable bonds is 4. The number of nitrogens with zero attached hydrogens (tertiary/aromatic N) is 3. The summed E-state index contributed by atoms with van der Waals surface area (Å²) in [5, 5.41) is 11.5. The average Bonchev–Trinajstić information content (AvgIpc) is 3.07. The van der Waals surface area contributed by atoms with Crippen molar-refractivity contribution in [2.24, 2.45) is 0 Å². The molecule has 0 saturated carbocycles. The van der Waals surface area contributed by atoms with Crippen molar-refractivity contribution in [3.8, 4) is 0 Å². The quantitative estimate of drug-likeness (QED) is 0.426. The van der Waals surface area contributed by atoms with Crippen molar-refractivity contribution >= 4 is 17.3 Å². The number of nitro groups is 1. The number of fused-ring (bicyclic) bond motifs is 1. The van der Waals surface area contributed by atoms with Gasteiger partial charge in [0.25, 0.3) is 5.69 Å². The Balaban J connectivity index is 1.81. The van der Waals surface area contributed by atoms with Gasteiger partial charge in [0.1, 0.15) is 11.6 Å². The van der Waals surface area contributed by atoms with E-state index in [1.165, 1.54) is 36.4 Å². The molecule has 29 heavy (non-hydrogen) atoms. The van der Waals surface area contributed by atoms with Crippen molar-refractivity contribution in [3.63, 3.8) is 0 Å². The van der Waals surface area contributed by atoms with Crippen molar-refractivity contribution in [3.05, 3.63) is 98.3 Å². The van der Waals surface area contributed by atoms with Crippen LogP contribution < -0.4 is 0 Å². The zero-order valence-electron chi connectivity index (χ0n) is 15.4. The van der Waals surface area contributed by atoms with Crippen LogP contribution in [0.25, 0.3) is 0 Å². The van der Waals surface area contributed by atoms with Crippen molar-refractivity contribution in [2.45, 2.75) is 25.6 Å². The first-order valence-corrected chi connectivity index (χ1v) is 9.59. The van der Waals surface area contributed by atoms with E-state index in [2.05, 4.69) is 0 Å².